The molecule has 1 aliphatic heterocycles. The molecule has 0 unspecified atom stereocenters. The van der Waals surface area contributed by atoms with Crippen LogP contribution < -0.4 is 5.56 Å². The largest absolute Gasteiger partial charge is 0.394 e. The molecule has 28 heavy (non-hydrogen) atoms. The summed E-state index contributed by atoms with van der Waals surface area (Å²) >= 11 is 1.54. The lowest BCUT2D eigenvalue weighted by atomic mass is 9.96. The smallest absolute Gasteiger partial charge is 0.287 e. The maximum atomic E-state index is 12.9. The molecular formula is C17H17N5O5S. The summed E-state index contributed by atoms with van der Waals surface area (Å²) in [7, 11) is 0. The van der Waals surface area contributed by atoms with Crippen LogP contribution in [0.5, 0.6) is 0 Å². The van der Waals surface area contributed by atoms with Crippen molar-refractivity contribution < 1.29 is 20.1 Å². The molecule has 4 atom stereocenters. The summed E-state index contributed by atoms with van der Waals surface area (Å²) < 4.78 is 8.41. The molecule has 1 aliphatic rings. The second-order valence-electron chi connectivity index (χ2n) is 6.99. The van der Waals surface area contributed by atoms with Crippen molar-refractivity contribution in [1.82, 2.24) is 23.9 Å². The summed E-state index contributed by atoms with van der Waals surface area (Å²) in [6.45, 7) is 0.944. The van der Waals surface area contributed by atoms with Crippen molar-refractivity contribution in [2.45, 2.75) is 31.0 Å². The molecule has 146 valence electrons. The van der Waals surface area contributed by atoms with Crippen molar-refractivity contribution in [1.29, 1.82) is 0 Å². The van der Waals surface area contributed by atoms with Gasteiger partial charge in [-0.1, -0.05) is 0 Å². The van der Waals surface area contributed by atoms with Crippen LogP contribution in [0, 0.1) is 0 Å². The van der Waals surface area contributed by atoms with Gasteiger partial charge in [0.1, 0.15) is 17.8 Å². The standard InChI is InChI=1S/C17H17N5O5S/c1-17(26)12(24)10(5-23)27-15(17)22-7-18-11-13(22)20-16-19-9(4-21(16)14(11)25)8-2-3-28-6-8/h2-4,6-7,10,12,15,23-24,26H,5H2,1H3,(H,19,20)/t10-,12-,15-,17-/m1/s1. The van der Waals surface area contributed by atoms with Crippen LogP contribution >= 0.6 is 11.3 Å². The Hall–Kier alpha value is -2.57. The lowest BCUT2D eigenvalue weighted by Gasteiger charge is -2.27. The van der Waals surface area contributed by atoms with E-state index in [1.165, 1.54) is 22.2 Å². The highest BCUT2D eigenvalue weighted by atomic mass is 32.1. The molecule has 0 aliphatic carbocycles. The van der Waals surface area contributed by atoms with Crippen molar-refractivity contribution in [2.75, 3.05) is 6.61 Å². The number of ether oxygens (including phenoxy) is 1. The zero-order chi connectivity index (χ0) is 19.6. The average Bonchev–Trinajstić information content (AvgIpc) is 3.43. The number of imidazole rings is 2. The number of fused-ring (bicyclic) bond motifs is 2. The van der Waals surface area contributed by atoms with Crippen molar-refractivity contribution >= 4 is 28.3 Å². The van der Waals surface area contributed by atoms with Gasteiger partial charge in [0.2, 0.25) is 5.78 Å². The van der Waals surface area contributed by atoms with E-state index in [2.05, 4.69) is 15.0 Å². The summed E-state index contributed by atoms with van der Waals surface area (Å²) in [5.74, 6) is 0.317. The summed E-state index contributed by atoms with van der Waals surface area (Å²) in [5.41, 5.74) is -0.0787. The molecular weight excluding hydrogens is 386 g/mol. The Bertz CT molecular complexity index is 1220. The molecule has 0 spiro atoms. The quantitative estimate of drug-likeness (QED) is 0.381. The Kier molecular flexibility index (Phi) is 3.73. The molecule has 1 fully saturated rings. The van der Waals surface area contributed by atoms with Crippen LogP contribution in [0.15, 0.2) is 34.1 Å². The van der Waals surface area contributed by atoms with Gasteiger partial charge in [-0.15, -0.1) is 0 Å². The average molecular weight is 403 g/mol. The number of rotatable bonds is 3. The number of nitrogens with one attached hydrogen (secondary N) is 1. The van der Waals surface area contributed by atoms with E-state index in [0.29, 0.717) is 5.78 Å². The Labute approximate surface area is 161 Å². The normalized spacial score (nSPS) is 27.9. The summed E-state index contributed by atoms with van der Waals surface area (Å²) in [5, 5.41) is 34.2. The van der Waals surface area contributed by atoms with Crippen LogP contribution in [-0.2, 0) is 4.74 Å². The van der Waals surface area contributed by atoms with Crippen molar-refractivity contribution in [2.24, 2.45) is 0 Å². The Morgan fingerprint density at radius 1 is 1.46 bits per heavy atom. The zero-order valence-electron chi connectivity index (χ0n) is 14.7. The van der Waals surface area contributed by atoms with Gasteiger partial charge in [-0.05, 0) is 18.4 Å². The highest BCUT2D eigenvalue weighted by molar-refractivity contribution is 7.08. The fourth-order valence-electron chi connectivity index (χ4n) is 3.60. The number of aliphatic hydroxyl groups excluding tert-OH is 2. The van der Waals surface area contributed by atoms with Gasteiger partial charge < -0.3 is 25.0 Å². The molecule has 4 aromatic heterocycles. The van der Waals surface area contributed by atoms with Gasteiger partial charge in [-0.3, -0.25) is 9.36 Å². The number of hydrogen-bond donors (Lipinski definition) is 4. The van der Waals surface area contributed by atoms with Gasteiger partial charge in [-0.25, -0.2) is 9.38 Å². The summed E-state index contributed by atoms with van der Waals surface area (Å²) in [4.78, 5) is 24.6. The fourth-order valence-corrected chi connectivity index (χ4v) is 4.25. The third-order valence-electron chi connectivity index (χ3n) is 5.15. The summed E-state index contributed by atoms with van der Waals surface area (Å²) in [6.07, 6.45) is -0.327. The van der Waals surface area contributed by atoms with Gasteiger partial charge in [0, 0.05) is 17.1 Å². The van der Waals surface area contributed by atoms with Crippen molar-refractivity contribution in [3.05, 3.63) is 39.7 Å². The van der Waals surface area contributed by atoms with Crippen LogP contribution in [-0.4, -0.2) is 63.7 Å². The highest BCUT2D eigenvalue weighted by Gasteiger charge is 2.53. The molecule has 1 saturated heterocycles. The maximum absolute atomic E-state index is 12.9. The molecule has 10 nitrogen and oxygen atoms in total. The van der Waals surface area contributed by atoms with Gasteiger partial charge >= 0.3 is 0 Å². The van der Waals surface area contributed by atoms with Crippen LogP contribution in [0.4, 0.5) is 0 Å². The van der Waals surface area contributed by atoms with Crippen LogP contribution in [0.2, 0.25) is 0 Å². The van der Waals surface area contributed by atoms with Crippen molar-refractivity contribution in [3.8, 4) is 11.3 Å². The van der Waals surface area contributed by atoms with Crippen LogP contribution in [0.3, 0.4) is 0 Å². The Balaban J connectivity index is 1.69. The van der Waals surface area contributed by atoms with E-state index in [1.807, 2.05) is 16.8 Å². The number of thiophene rings is 1. The number of aromatic amines is 1. The van der Waals surface area contributed by atoms with Crippen LogP contribution in [0.25, 0.3) is 28.2 Å². The molecule has 0 amide bonds. The first-order chi connectivity index (χ1) is 13.4. The van der Waals surface area contributed by atoms with Gasteiger partial charge in [0.15, 0.2) is 17.4 Å². The highest BCUT2D eigenvalue weighted by Crippen LogP contribution is 2.39. The van der Waals surface area contributed by atoms with E-state index in [4.69, 9.17) is 4.74 Å². The second kappa shape index (κ2) is 5.96. The first-order valence-electron chi connectivity index (χ1n) is 8.59. The van der Waals surface area contributed by atoms with Crippen molar-refractivity contribution in [3.63, 3.8) is 0 Å². The van der Waals surface area contributed by atoms with Gasteiger partial charge in [0.05, 0.1) is 18.6 Å². The van der Waals surface area contributed by atoms with Gasteiger partial charge in [-0.2, -0.15) is 16.3 Å². The lowest BCUT2D eigenvalue weighted by Crippen LogP contribution is -2.44. The molecule has 11 heteroatoms. The summed E-state index contributed by atoms with van der Waals surface area (Å²) in [6, 6.07) is 1.93. The minimum Gasteiger partial charge on any atom is -0.394 e. The lowest BCUT2D eigenvalue weighted by molar-refractivity contribution is -0.0950. The third kappa shape index (κ3) is 2.31. The molecule has 0 bridgehead atoms. The SMILES string of the molecule is C[C@@]1(O)[C@H](O)[C@@H](CO)O[C@H]1n1cnc2c(=O)n3cc(-c4ccsc4)[nH]c3nc21. The molecule has 4 N–H and O–H groups in total. The topological polar surface area (TPSA) is 138 Å². The molecule has 0 saturated carbocycles. The molecule has 0 aromatic carbocycles. The number of aromatic nitrogens is 5. The van der Waals surface area contributed by atoms with E-state index in [1.54, 1.807) is 17.5 Å². The Morgan fingerprint density at radius 2 is 2.29 bits per heavy atom. The second-order valence-corrected chi connectivity index (χ2v) is 7.77. The minimum absolute atomic E-state index is 0.106. The fraction of sp³-hybridized carbons (Fsp3) is 0.353. The van der Waals surface area contributed by atoms with E-state index in [9.17, 15) is 20.1 Å². The maximum Gasteiger partial charge on any atom is 0.287 e. The molecule has 4 aromatic rings. The number of hydrogen-bond acceptors (Lipinski definition) is 8. The first kappa shape index (κ1) is 17.5. The monoisotopic (exact) mass is 403 g/mol. The predicted molar refractivity (Wildman–Crippen MR) is 100 cm³/mol. The number of nitrogens with zero attached hydrogens (tertiary/aromatic N) is 4. The Morgan fingerprint density at radius 3 is 2.96 bits per heavy atom. The zero-order valence-corrected chi connectivity index (χ0v) is 15.5. The van der Waals surface area contributed by atoms with E-state index in [-0.39, 0.29) is 16.7 Å². The molecule has 5 rings (SSSR count). The number of aliphatic hydroxyl groups is 3. The molecule has 5 heterocycles. The first-order valence-corrected chi connectivity index (χ1v) is 9.53. The third-order valence-corrected chi connectivity index (χ3v) is 5.84. The van der Waals surface area contributed by atoms with Crippen LogP contribution in [0.1, 0.15) is 13.2 Å². The van der Waals surface area contributed by atoms with E-state index >= 15 is 0 Å². The predicted octanol–water partition coefficient (Wildman–Crippen LogP) is 0.102. The molecule has 0 radical (unpaired) electrons. The van der Waals surface area contributed by atoms with E-state index in [0.717, 1.165) is 11.3 Å². The van der Waals surface area contributed by atoms with E-state index < -0.39 is 30.6 Å². The minimum atomic E-state index is -1.70. The number of H-pyrrole nitrogens is 1. The van der Waals surface area contributed by atoms with Gasteiger partial charge in [0.25, 0.3) is 5.56 Å².